The van der Waals surface area contributed by atoms with Crippen LogP contribution in [0.1, 0.15) is 18.5 Å². The molecule has 1 aliphatic rings. The van der Waals surface area contributed by atoms with E-state index in [0.29, 0.717) is 13.2 Å². The van der Waals surface area contributed by atoms with Crippen LogP contribution in [0.25, 0.3) is 0 Å². The maximum Gasteiger partial charge on any atom is 0.308 e. The summed E-state index contributed by atoms with van der Waals surface area (Å²) in [5.74, 6) is -0.310. The third-order valence-corrected chi connectivity index (χ3v) is 2.56. The first-order chi connectivity index (χ1) is 8.16. The van der Waals surface area contributed by atoms with Crippen LogP contribution in [0.5, 0.6) is 11.5 Å². The first-order valence-corrected chi connectivity index (χ1v) is 5.49. The van der Waals surface area contributed by atoms with E-state index in [-0.39, 0.29) is 17.5 Å². The minimum atomic E-state index is -0.452. The molecule has 5 nitrogen and oxygen atoms in total. The van der Waals surface area contributed by atoms with E-state index in [4.69, 9.17) is 9.47 Å². The Balaban J connectivity index is 2.14. The maximum absolute atomic E-state index is 10.8. The van der Waals surface area contributed by atoms with Crippen molar-refractivity contribution in [3.63, 3.8) is 0 Å². The highest BCUT2D eigenvalue weighted by molar-refractivity contribution is 5.70. The number of rotatable bonds is 2. The molecule has 1 aliphatic heterocycles. The molecular formula is C12H15NO4. The van der Waals surface area contributed by atoms with Gasteiger partial charge in [0, 0.05) is 13.5 Å². The Morgan fingerprint density at radius 1 is 1.59 bits per heavy atom. The number of morpholine rings is 1. The number of carbonyl (C=O) groups excluding carboxylic acids is 1. The number of ether oxygens (including phenoxy) is 2. The Morgan fingerprint density at radius 2 is 2.41 bits per heavy atom. The van der Waals surface area contributed by atoms with Crippen LogP contribution >= 0.6 is 0 Å². The summed E-state index contributed by atoms with van der Waals surface area (Å²) in [4.78, 5) is 10.8. The normalized spacial score (nSPS) is 19.9. The smallest absolute Gasteiger partial charge is 0.308 e. The number of carbonyl (C=O) groups is 1. The maximum atomic E-state index is 10.8. The van der Waals surface area contributed by atoms with Gasteiger partial charge in [-0.25, -0.2) is 0 Å². The van der Waals surface area contributed by atoms with Crippen LogP contribution in [0.4, 0.5) is 0 Å². The second kappa shape index (κ2) is 5.16. The molecule has 1 aromatic carbocycles. The van der Waals surface area contributed by atoms with Gasteiger partial charge in [-0.1, -0.05) is 6.07 Å². The van der Waals surface area contributed by atoms with Crippen molar-refractivity contribution < 1.29 is 19.4 Å². The lowest BCUT2D eigenvalue weighted by molar-refractivity contribution is -0.132. The molecule has 2 N–H and O–H groups in total. The average molecular weight is 237 g/mol. The van der Waals surface area contributed by atoms with Gasteiger partial charge in [0.2, 0.25) is 0 Å². The number of phenols is 1. The lowest BCUT2D eigenvalue weighted by atomic mass is 10.1. The molecule has 0 radical (unpaired) electrons. The summed E-state index contributed by atoms with van der Waals surface area (Å²) in [5, 5.41) is 13.0. The fourth-order valence-corrected chi connectivity index (χ4v) is 1.77. The van der Waals surface area contributed by atoms with Gasteiger partial charge in [0.1, 0.15) is 0 Å². The lowest BCUT2D eigenvalue weighted by Crippen LogP contribution is -2.34. The van der Waals surface area contributed by atoms with Crippen molar-refractivity contribution in [2.45, 2.75) is 13.0 Å². The molecule has 0 bridgehead atoms. The van der Waals surface area contributed by atoms with Crippen molar-refractivity contribution in [3.8, 4) is 11.5 Å². The number of nitrogens with one attached hydrogen (secondary N) is 1. The highest BCUT2D eigenvalue weighted by Crippen LogP contribution is 2.29. The molecule has 1 aromatic rings. The summed E-state index contributed by atoms with van der Waals surface area (Å²) in [7, 11) is 0. The van der Waals surface area contributed by atoms with Crippen LogP contribution < -0.4 is 10.1 Å². The summed E-state index contributed by atoms with van der Waals surface area (Å²) in [5.41, 5.74) is 0.915. The van der Waals surface area contributed by atoms with Crippen molar-refractivity contribution in [1.29, 1.82) is 0 Å². The molecule has 0 spiro atoms. The first kappa shape index (κ1) is 11.9. The van der Waals surface area contributed by atoms with Gasteiger partial charge in [-0.05, 0) is 17.7 Å². The number of hydrogen-bond donors (Lipinski definition) is 2. The number of hydrogen-bond acceptors (Lipinski definition) is 5. The number of benzene rings is 1. The highest BCUT2D eigenvalue weighted by atomic mass is 16.5. The SMILES string of the molecule is CC(=O)Oc1ccc([C@@H]2COCCN2)cc1O. The molecule has 2 rings (SSSR count). The summed E-state index contributed by atoms with van der Waals surface area (Å²) in [6, 6.07) is 5.05. The van der Waals surface area contributed by atoms with Gasteiger partial charge < -0.3 is 19.9 Å². The average Bonchev–Trinajstić information content (AvgIpc) is 2.32. The zero-order chi connectivity index (χ0) is 12.3. The van der Waals surface area contributed by atoms with Crippen molar-refractivity contribution in [1.82, 2.24) is 5.32 Å². The Labute approximate surface area is 99.3 Å². The van der Waals surface area contributed by atoms with Gasteiger partial charge in [0.05, 0.1) is 19.3 Å². The molecule has 0 amide bonds. The zero-order valence-corrected chi connectivity index (χ0v) is 9.60. The molecule has 0 unspecified atom stereocenters. The van der Waals surface area contributed by atoms with Crippen LogP contribution in [-0.4, -0.2) is 30.8 Å². The number of aromatic hydroxyl groups is 1. The van der Waals surface area contributed by atoms with E-state index in [1.54, 1.807) is 12.1 Å². The Morgan fingerprint density at radius 3 is 3.00 bits per heavy atom. The van der Waals surface area contributed by atoms with E-state index in [0.717, 1.165) is 12.1 Å². The number of esters is 1. The van der Waals surface area contributed by atoms with Gasteiger partial charge in [0.15, 0.2) is 11.5 Å². The van der Waals surface area contributed by atoms with E-state index in [2.05, 4.69) is 5.32 Å². The van der Waals surface area contributed by atoms with Crippen LogP contribution in [0.2, 0.25) is 0 Å². The van der Waals surface area contributed by atoms with Gasteiger partial charge >= 0.3 is 5.97 Å². The van der Waals surface area contributed by atoms with E-state index < -0.39 is 5.97 Å². The van der Waals surface area contributed by atoms with E-state index in [9.17, 15) is 9.90 Å². The Hall–Kier alpha value is -1.59. The van der Waals surface area contributed by atoms with Crippen molar-refractivity contribution in [3.05, 3.63) is 23.8 Å². The quantitative estimate of drug-likeness (QED) is 0.593. The molecule has 1 saturated heterocycles. The molecule has 5 heteroatoms. The molecule has 0 saturated carbocycles. The fourth-order valence-electron chi connectivity index (χ4n) is 1.77. The third kappa shape index (κ3) is 2.95. The van der Waals surface area contributed by atoms with Crippen LogP contribution in [0, 0.1) is 0 Å². The minimum Gasteiger partial charge on any atom is -0.504 e. The Kier molecular flexibility index (Phi) is 3.61. The molecule has 0 aliphatic carbocycles. The summed E-state index contributed by atoms with van der Waals surface area (Å²) < 4.78 is 10.2. The van der Waals surface area contributed by atoms with Gasteiger partial charge in [-0.3, -0.25) is 4.79 Å². The van der Waals surface area contributed by atoms with Crippen LogP contribution in [-0.2, 0) is 9.53 Å². The second-order valence-electron chi connectivity index (χ2n) is 3.90. The molecule has 1 fully saturated rings. The first-order valence-electron chi connectivity index (χ1n) is 5.49. The van der Waals surface area contributed by atoms with E-state index >= 15 is 0 Å². The summed E-state index contributed by atoms with van der Waals surface area (Å²) >= 11 is 0. The standard InChI is InChI=1S/C12H15NO4/c1-8(14)17-12-3-2-9(6-11(12)15)10-7-16-5-4-13-10/h2-3,6,10,13,15H,4-5,7H2,1H3/t10-/m0/s1. The van der Waals surface area contributed by atoms with Crippen molar-refractivity contribution in [2.24, 2.45) is 0 Å². The molecule has 1 heterocycles. The monoisotopic (exact) mass is 237 g/mol. The topological polar surface area (TPSA) is 67.8 Å². The number of phenolic OH excluding ortho intramolecular Hbond substituents is 1. The van der Waals surface area contributed by atoms with Crippen molar-refractivity contribution in [2.75, 3.05) is 19.8 Å². The van der Waals surface area contributed by atoms with Gasteiger partial charge in [-0.2, -0.15) is 0 Å². The zero-order valence-electron chi connectivity index (χ0n) is 9.60. The highest BCUT2D eigenvalue weighted by Gasteiger charge is 2.17. The molecule has 17 heavy (non-hydrogen) atoms. The Bertz CT molecular complexity index is 413. The molecule has 1 atom stereocenters. The third-order valence-electron chi connectivity index (χ3n) is 2.56. The van der Waals surface area contributed by atoms with Crippen LogP contribution in [0.3, 0.4) is 0 Å². The molecule has 92 valence electrons. The van der Waals surface area contributed by atoms with Crippen molar-refractivity contribution >= 4 is 5.97 Å². The van der Waals surface area contributed by atoms with Gasteiger partial charge in [-0.15, -0.1) is 0 Å². The second-order valence-corrected chi connectivity index (χ2v) is 3.90. The lowest BCUT2D eigenvalue weighted by Gasteiger charge is -2.24. The summed E-state index contributed by atoms with van der Waals surface area (Å²) in [6.07, 6.45) is 0. The predicted molar refractivity (Wildman–Crippen MR) is 61.0 cm³/mol. The predicted octanol–water partition coefficient (Wildman–Crippen LogP) is 0.978. The summed E-state index contributed by atoms with van der Waals surface area (Å²) in [6.45, 7) is 3.36. The molecular weight excluding hydrogens is 222 g/mol. The minimum absolute atomic E-state index is 0.0370. The molecule has 0 aromatic heterocycles. The fraction of sp³-hybridized carbons (Fsp3) is 0.417. The largest absolute Gasteiger partial charge is 0.504 e. The van der Waals surface area contributed by atoms with Crippen LogP contribution in [0.15, 0.2) is 18.2 Å². The van der Waals surface area contributed by atoms with Gasteiger partial charge in [0.25, 0.3) is 0 Å². The van der Waals surface area contributed by atoms with E-state index in [1.165, 1.54) is 6.92 Å². The van der Waals surface area contributed by atoms with E-state index in [1.807, 2.05) is 6.07 Å².